The molecule has 1 aromatic carbocycles. The molecule has 1 heterocycles. The smallest absolute Gasteiger partial charge is 0.330 e. The number of pyridine rings is 1. The molecule has 0 amide bonds. The van der Waals surface area contributed by atoms with Crippen LogP contribution in [0.25, 0.3) is 6.08 Å². The maximum absolute atomic E-state index is 11.0. The minimum atomic E-state index is -0.383. The Morgan fingerprint density at radius 1 is 1.30 bits per heavy atom. The molecule has 0 saturated heterocycles. The van der Waals surface area contributed by atoms with Crippen LogP contribution in [0, 0.1) is 0 Å². The fourth-order valence-electron chi connectivity index (χ4n) is 1.59. The Bertz CT molecular complexity index is 594. The number of hydrogen-bond acceptors (Lipinski definition) is 4. The monoisotopic (exact) mass is 269 g/mol. The lowest BCUT2D eigenvalue weighted by atomic mass is 10.2. The zero-order chi connectivity index (χ0) is 14.2. The molecule has 102 valence electrons. The molecule has 0 saturated carbocycles. The van der Waals surface area contributed by atoms with Crippen LogP contribution < -0.4 is 4.74 Å². The van der Waals surface area contributed by atoms with E-state index in [1.54, 1.807) is 18.5 Å². The summed E-state index contributed by atoms with van der Waals surface area (Å²) in [5.74, 6) is 0.354. The molecule has 0 aliphatic carbocycles. The van der Waals surface area contributed by atoms with Crippen molar-refractivity contribution in [3.8, 4) is 5.75 Å². The number of hydrogen-bond donors (Lipinski definition) is 0. The van der Waals surface area contributed by atoms with E-state index in [2.05, 4.69) is 9.72 Å². The van der Waals surface area contributed by atoms with E-state index in [0.717, 1.165) is 16.9 Å². The quantitative estimate of drug-likeness (QED) is 0.618. The molecular formula is C16H15NO3. The van der Waals surface area contributed by atoms with Crippen molar-refractivity contribution < 1.29 is 14.3 Å². The van der Waals surface area contributed by atoms with Crippen LogP contribution in [0.5, 0.6) is 5.75 Å². The van der Waals surface area contributed by atoms with Crippen LogP contribution in [0.1, 0.15) is 11.1 Å². The number of nitrogens with zero attached hydrogens (tertiary/aromatic N) is 1. The summed E-state index contributed by atoms with van der Waals surface area (Å²) in [6, 6.07) is 11.3. The summed E-state index contributed by atoms with van der Waals surface area (Å²) in [6.45, 7) is 0.456. The lowest BCUT2D eigenvalue weighted by Crippen LogP contribution is -1.96. The molecule has 0 bridgehead atoms. The molecule has 0 aliphatic rings. The third-order valence-electron chi connectivity index (χ3n) is 2.60. The average molecular weight is 269 g/mol. The topological polar surface area (TPSA) is 48.4 Å². The van der Waals surface area contributed by atoms with Gasteiger partial charge in [-0.25, -0.2) is 4.79 Å². The number of aromatic nitrogens is 1. The summed E-state index contributed by atoms with van der Waals surface area (Å²) in [7, 11) is 1.35. The number of carbonyl (C=O) groups excluding carboxylic acids is 1. The molecule has 0 N–H and O–H groups in total. The van der Waals surface area contributed by atoms with Crippen molar-refractivity contribution in [3.63, 3.8) is 0 Å². The van der Waals surface area contributed by atoms with Gasteiger partial charge in [-0.15, -0.1) is 0 Å². The normalized spacial score (nSPS) is 10.4. The summed E-state index contributed by atoms with van der Waals surface area (Å²) in [5.41, 5.74) is 1.88. The molecule has 0 radical (unpaired) electrons. The third-order valence-corrected chi connectivity index (χ3v) is 2.60. The molecule has 4 nitrogen and oxygen atoms in total. The van der Waals surface area contributed by atoms with Crippen LogP contribution in [-0.4, -0.2) is 18.1 Å². The molecule has 0 atom stereocenters. The second-order valence-electron chi connectivity index (χ2n) is 4.08. The predicted octanol–water partition coefficient (Wildman–Crippen LogP) is 2.85. The van der Waals surface area contributed by atoms with E-state index in [0.29, 0.717) is 6.61 Å². The first-order valence-electron chi connectivity index (χ1n) is 6.16. The molecule has 1 aromatic heterocycles. The number of carbonyl (C=O) groups is 1. The van der Waals surface area contributed by atoms with Crippen molar-refractivity contribution in [2.45, 2.75) is 6.61 Å². The zero-order valence-corrected chi connectivity index (χ0v) is 11.2. The number of esters is 1. The highest BCUT2D eigenvalue weighted by Gasteiger charge is 1.98. The summed E-state index contributed by atoms with van der Waals surface area (Å²) in [5, 5.41) is 0. The van der Waals surface area contributed by atoms with Gasteiger partial charge in [-0.2, -0.15) is 0 Å². The second-order valence-corrected chi connectivity index (χ2v) is 4.08. The minimum absolute atomic E-state index is 0.383. The Morgan fingerprint density at radius 2 is 2.20 bits per heavy atom. The molecule has 0 spiro atoms. The van der Waals surface area contributed by atoms with Crippen molar-refractivity contribution >= 4 is 12.0 Å². The van der Waals surface area contributed by atoms with Gasteiger partial charge in [0.15, 0.2) is 0 Å². The number of rotatable bonds is 5. The van der Waals surface area contributed by atoms with E-state index in [1.165, 1.54) is 13.2 Å². The number of ether oxygens (including phenoxy) is 2. The minimum Gasteiger partial charge on any atom is -0.489 e. The van der Waals surface area contributed by atoms with Crippen LogP contribution in [0.4, 0.5) is 0 Å². The van der Waals surface area contributed by atoms with Crippen LogP contribution >= 0.6 is 0 Å². The Hall–Kier alpha value is -2.62. The molecule has 2 aromatic rings. The second kappa shape index (κ2) is 7.09. The molecule has 4 heteroatoms. The van der Waals surface area contributed by atoms with Crippen LogP contribution in [0.3, 0.4) is 0 Å². The molecule has 0 fully saturated rings. The summed E-state index contributed by atoms with van der Waals surface area (Å²) < 4.78 is 10.2. The van der Waals surface area contributed by atoms with Crippen LogP contribution in [0.15, 0.2) is 54.9 Å². The van der Waals surface area contributed by atoms with Crippen molar-refractivity contribution in [2.24, 2.45) is 0 Å². The van der Waals surface area contributed by atoms with Gasteiger partial charge in [0.1, 0.15) is 12.4 Å². The first-order valence-corrected chi connectivity index (χ1v) is 6.16. The maximum atomic E-state index is 11.0. The van der Waals surface area contributed by atoms with Gasteiger partial charge in [-0.1, -0.05) is 18.2 Å². The lowest BCUT2D eigenvalue weighted by molar-refractivity contribution is -0.134. The standard InChI is InChI=1S/C16H15NO3/c1-19-16(18)8-7-13-4-2-6-15(10-13)20-12-14-5-3-9-17-11-14/h2-11H,12H2,1H3. The van der Waals surface area contributed by atoms with Crippen LogP contribution in [0.2, 0.25) is 0 Å². The van der Waals surface area contributed by atoms with Gasteiger partial charge >= 0.3 is 5.97 Å². The first-order chi connectivity index (χ1) is 9.78. The van der Waals surface area contributed by atoms with E-state index < -0.39 is 0 Å². The summed E-state index contributed by atoms with van der Waals surface area (Å²) >= 11 is 0. The van der Waals surface area contributed by atoms with E-state index in [9.17, 15) is 4.79 Å². The van der Waals surface area contributed by atoms with Crippen molar-refractivity contribution in [1.82, 2.24) is 4.98 Å². The van der Waals surface area contributed by atoms with Crippen LogP contribution in [-0.2, 0) is 16.1 Å². The number of benzene rings is 1. The largest absolute Gasteiger partial charge is 0.489 e. The fourth-order valence-corrected chi connectivity index (χ4v) is 1.59. The van der Waals surface area contributed by atoms with Gasteiger partial charge in [0, 0.05) is 24.0 Å². The SMILES string of the molecule is COC(=O)C=Cc1cccc(OCc2cccnc2)c1. The van der Waals surface area contributed by atoms with Crippen molar-refractivity contribution in [2.75, 3.05) is 7.11 Å². The average Bonchev–Trinajstić information content (AvgIpc) is 2.52. The number of methoxy groups -OCH3 is 1. The van der Waals surface area contributed by atoms with Crippen molar-refractivity contribution in [3.05, 3.63) is 66.0 Å². The van der Waals surface area contributed by atoms with Gasteiger partial charge in [0.05, 0.1) is 7.11 Å². The Kier molecular flexibility index (Phi) is 4.89. The van der Waals surface area contributed by atoms with Gasteiger partial charge in [-0.05, 0) is 29.8 Å². The van der Waals surface area contributed by atoms with Gasteiger partial charge in [0.25, 0.3) is 0 Å². The lowest BCUT2D eigenvalue weighted by Gasteiger charge is -2.06. The molecule has 20 heavy (non-hydrogen) atoms. The van der Waals surface area contributed by atoms with E-state index >= 15 is 0 Å². The van der Waals surface area contributed by atoms with Gasteiger partial charge < -0.3 is 9.47 Å². The molecule has 2 rings (SSSR count). The highest BCUT2D eigenvalue weighted by Crippen LogP contribution is 2.16. The summed E-state index contributed by atoms with van der Waals surface area (Å²) in [4.78, 5) is 15.1. The third kappa shape index (κ3) is 4.24. The Balaban J connectivity index is 1.99. The fraction of sp³-hybridized carbons (Fsp3) is 0.125. The zero-order valence-electron chi connectivity index (χ0n) is 11.2. The highest BCUT2D eigenvalue weighted by atomic mass is 16.5. The van der Waals surface area contributed by atoms with Gasteiger partial charge in [0.2, 0.25) is 0 Å². The Labute approximate surface area is 117 Å². The molecule has 0 aliphatic heterocycles. The molecular weight excluding hydrogens is 254 g/mol. The maximum Gasteiger partial charge on any atom is 0.330 e. The van der Waals surface area contributed by atoms with Crippen molar-refractivity contribution in [1.29, 1.82) is 0 Å². The van der Waals surface area contributed by atoms with E-state index in [1.807, 2.05) is 36.4 Å². The van der Waals surface area contributed by atoms with E-state index in [-0.39, 0.29) is 5.97 Å². The van der Waals surface area contributed by atoms with Gasteiger partial charge in [-0.3, -0.25) is 4.98 Å². The first kappa shape index (κ1) is 13.8. The highest BCUT2D eigenvalue weighted by molar-refractivity contribution is 5.86. The predicted molar refractivity (Wildman–Crippen MR) is 76.1 cm³/mol. The molecule has 0 unspecified atom stereocenters. The Morgan fingerprint density at radius 3 is 2.95 bits per heavy atom. The summed E-state index contributed by atoms with van der Waals surface area (Å²) in [6.07, 6.45) is 6.55. The van der Waals surface area contributed by atoms with E-state index in [4.69, 9.17) is 4.74 Å².